The number of anilines is 1. The fourth-order valence-corrected chi connectivity index (χ4v) is 3.84. The van der Waals surface area contributed by atoms with Gasteiger partial charge in [-0.15, -0.1) is 0 Å². The molecule has 0 atom stereocenters. The Hall–Kier alpha value is -2.55. The summed E-state index contributed by atoms with van der Waals surface area (Å²) in [6, 6.07) is 7.50. The molecule has 0 radical (unpaired) electrons. The molecule has 1 saturated heterocycles. The predicted molar refractivity (Wildman–Crippen MR) is 114 cm³/mol. The van der Waals surface area contributed by atoms with Crippen molar-refractivity contribution in [3.63, 3.8) is 0 Å². The van der Waals surface area contributed by atoms with E-state index in [2.05, 4.69) is 15.3 Å². The lowest BCUT2D eigenvalue weighted by atomic mass is 10.1. The zero-order valence-electron chi connectivity index (χ0n) is 18.1. The molecule has 1 fully saturated rings. The van der Waals surface area contributed by atoms with Crippen LogP contribution in [0.25, 0.3) is 0 Å². The Morgan fingerprint density at radius 3 is 2.48 bits per heavy atom. The summed E-state index contributed by atoms with van der Waals surface area (Å²) < 4.78 is 40.6. The molecule has 6 nitrogen and oxygen atoms in total. The van der Waals surface area contributed by atoms with E-state index in [-0.39, 0.29) is 5.91 Å². The molecule has 2 aromatic rings. The second kappa shape index (κ2) is 10.2. The number of piperazine rings is 1. The van der Waals surface area contributed by atoms with Crippen LogP contribution >= 0.6 is 0 Å². The molecule has 1 aromatic heterocycles. The van der Waals surface area contributed by atoms with Crippen molar-refractivity contribution in [2.24, 2.45) is 0 Å². The highest BCUT2D eigenvalue weighted by atomic mass is 19.4. The van der Waals surface area contributed by atoms with Gasteiger partial charge < -0.3 is 10.2 Å². The number of amides is 1. The van der Waals surface area contributed by atoms with Gasteiger partial charge in [-0.2, -0.15) is 18.3 Å². The van der Waals surface area contributed by atoms with Crippen LogP contribution in [-0.4, -0.2) is 59.9 Å². The Labute approximate surface area is 181 Å². The molecule has 0 aliphatic carbocycles. The average molecular weight is 438 g/mol. The molecule has 0 unspecified atom stereocenters. The number of rotatable bonds is 8. The molecule has 1 aliphatic rings. The molecule has 2 heterocycles. The highest BCUT2D eigenvalue weighted by molar-refractivity contribution is 5.75. The van der Waals surface area contributed by atoms with Crippen LogP contribution in [0.15, 0.2) is 30.3 Å². The summed E-state index contributed by atoms with van der Waals surface area (Å²) in [6.07, 6.45) is -3.08. The number of carbonyl (C=O) groups is 1. The molecule has 0 bridgehead atoms. The smallest absolute Gasteiger partial charge is 0.369 e. The molecule has 1 aromatic carbocycles. The number of alkyl halides is 3. The first-order valence-electron chi connectivity index (χ1n) is 10.6. The molecule has 170 valence electrons. The van der Waals surface area contributed by atoms with E-state index < -0.39 is 11.7 Å². The molecular weight excluding hydrogens is 407 g/mol. The fourth-order valence-electron chi connectivity index (χ4n) is 3.84. The summed E-state index contributed by atoms with van der Waals surface area (Å²) in [5.74, 6) is 0.0157. The summed E-state index contributed by atoms with van der Waals surface area (Å²) in [6.45, 7) is 8.92. The van der Waals surface area contributed by atoms with Crippen molar-refractivity contribution < 1.29 is 18.0 Å². The fraction of sp³-hybridized carbons (Fsp3) is 0.545. The van der Waals surface area contributed by atoms with E-state index in [1.807, 2.05) is 29.5 Å². The lowest BCUT2D eigenvalue weighted by Gasteiger charge is -2.36. The molecule has 1 amide bonds. The van der Waals surface area contributed by atoms with Crippen molar-refractivity contribution in [2.75, 3.05) is 44.2 Å². The zero-order chi connectivity index (χ0) is 22.4. The number of nitrogens with zero attached hydrogens (tertiary/aromatic N) is 4. The first-order chi connectivity index (χ1) is 14.7. The SMILES string of the molecule is Cc1cc(C)n(CCC(=O)NCCCN2CCN(c3cccc(C(F)(F)F)c3)CC2)n1. The van der Waals surface area contributed by atoms with Gasteiger partial charge in [0.25, 0.3) is 0 Å². The first-order valence-corrected chi connectivity index (χ1v) is 10.6. The minimum Gasteiger partial charge on any atom is -0.369 e. The van der Waals surface area contributed by atoms with Gasteiger partial charge in [0.15, 0.2) is 0 Å². The Morgan fingerprint density at radius 1 is 1.10 bits per heavy atom. The molecule has 1 N–H and O–H groups in total. The lowest BCUT2D eigenvalue weighted by Crippen LogP contribution is -2.47. The minimum atomic E-state index is -4.32. The first kappa shape index (κ1) is 23.1. The topological polar surface area (TPSA) is 53.4 Å². The van der Waals surface area contributed by atoms with Crippen LogP contribution < -0.4 is 10.2 Å². The van der Waals surface area contributed by atoms with Gasteiger partial charge in [0.1, 0.15) is 0 Å². The van der Waals surface area contributed by atoms with Gasteiger partial charge in [-0.1, -0.05) is 6.07 Å². The van der Waals surface area contributed by atoms with Crippen LogP contribution in [-0.2, 0) is 17.5 Å². The van der Waals surface area contributed by atoms with E-state index in [0.29, 0.717) is 38.3 Å². The highest BCUT2D eigenvalue weighted by Crippen LogP contribution is 2.31. The number of carbonyl (C=O) groups excluding carboxylic acids is 1. The molecule has 1 aliphatic heterocycles. The normalized spacial score (nSPS) is 15.3. The summed E-state index contributed by atoms with van der Waals surface area (Å²) in [4.78, 5) is 16.3. The summed E-state index contributed by atoms with van der Waals surface area (Å²) in [5.41, 5.74) is 2.01. The van der Waals surface area contributed by atoms with Gasteiger partial charge in [0.05, 0.1) is 11.3 Å². The number of halogens is 3. The highest BCUT2D eigenvalue weighted by Gasteiger charge is 2.31. The van der Waals surface area contributed by atoms with Gasteiger partial charge in [-0.3, -0.25) is 14.4 Å². The second-order valence-corrected chi connectivity index (χ2v) is 7.98. The summed E-state index contributed by atoms with van der Waals surface area (Å²) in [5, 5.41) is 7.30. The van der Waals surface area contributed by atoms with E-state index in [0.717, 1.165) is 43.5 Å². The van der Waals surface area contributed by atoms with Crippen LogP contribution in [0.4, 0.5) is 18.9 Å². The van der Waals surface area contributed by atoms with Gasteiger partial charge >= 0.3 is 6.18 Å². The van der Waals surface area contributed by atoms with E-state index in [1.54, 1.807) is 6.07 Å². The summed E-state index contributed by atoms with van der Waals surface area (Å²) in [7, 11) is 0. The van der Waals surface area contributed by atoms with Crippen molar-refractivity contribution >= 4 is 11.6 Å². The molecule has 9 heteroatoms. The maximum absolute atomic E-state index is 12.9. The molecular formula is C22H30F3N5O. The quantitative estimate of drug-likeness (QED) is 0.645. The number of hydrogen-bond donors (Lipinski definition) is 1. The number of aromatic nitrogens is 2. The van der Waals surface area contributed by atoms with Crippen molar-refractivity contribution in [3.8, 4) is 0 Å². The van der Waals surface area contributed by atoms with Gasteiger partial charge in [0.2, 0.25) is 5.91 Å². The van der Waals surface area contributed by atoms with E-state index in [9.17, 15) is 18.0 Å². The number of benzene rings is 1. The van der Waals surface area contributed by atoms with E-state index in [1.165, 1.54) is 12.1 Å². The van der Waals surface area contributed by atoms with E-state index in [4.69, 9.17) is 0 Å². The largest absolute Gasteiger partial charge is 0.416 e. The minimum absolute atomic E-state index is 0.0157. The average Bonchev–Trinajstić information content (AvgIpc) is 3.06. The molecule has 0 spiro atoms. The van der Waals surface area contributed by atoms with Crippen LogP contribution in [0.1, 0.15) is 29.8 Å². The maximum Gasteiger partial charge on any atom is 0.416 e. The second-order valence-electron chi connectivity index (χ2n) is 7.98. The van der Waals surface area contributed by atoms with E-state index >= 15 is 0 Å². The zero-order valence-corrected chi connectivity index (χ0v) is 18.1. The molecule has 3 rings (SSSR count). The number of hydrogen-bond acceptors (Lipinski definition) is 4. The Balaban J connectivity index is 1.32. The third-order valence-corrected chi connectivity index (χ3v) is 5.54. The monoisotopic (exact) mass is 437 g/mol. The Morgan fingerprint density at radius 2 is 1.84 bits per heavy atom. The molecule has 0 saturated carbocycles. The Kier molecular flexibility index (Phi) is 7.59. The maximum atomic E-state index is 12.9. The van der Waals surface area contributed by atoms with Gasteiger partial charge in [0, 0.05) is 57.1 Å². The molecule has 31 heavy (non-hydrogen) atoms. The number of nitrogens with one attached hydrogen (secondary N) is 1. The van der Waals surface area contributed by atoms with Crippen LogP contribution in [0.2, 0.25) is 0 Å². The van der Waals surface area contributed by atoms with Crippen LogP contribution in [0, 0.1) is 13.8 Å². The predicted octanol–water partition coefficient (Wildman–Crippen LogP) is 3.24. The third-order valence-electron chi connectivity index (χ3n) is 5.54. The third kappa shape index (κ3) is 6.72. The van der Waals surface area contributed by atoms with Crippen molar-refractivity contribution in [1.82, 2.24) is 20.0 Å². The van der Waals surface area contributed by atoms with Crippen molar-refractivity contribution in [3.05, 3.63) is 47.3 Å². The van der Waals surface area contributed by atoms with Crippen LogP contribution in [0.5, 0.6) is 0 Å². The van der Waals surface area contributed by atoms with Crippen molar-refractivity contribution in [2.45, 2.75) is 39.4 Å². The summed E-state index contributed by atoms with van der Waals surface area (Å²) >= 11 is 0. The van der Waals surface area contributed by atoms with Gasteiger partial charge in [-0.05, 0) is 51.1 Å². The van der Waals surface area contributed by atoms with Gasteiger partial charge in [-0.25, -0.2) is 0 Å². The van der Waals surface area contributed by atoms with Crippen molar-refractivity contribution in [1.29, 1.82) is 0 Å². The standard InChI is InChI=1S/C22H30F3N5O/c1-17-15-18(2)30(27-17)10-7-21(31)26-8-4-9-28-11-13-29(14-12-28)20-6-3-5-19(16-20)22(23,24)25/h3,5-6,15-16H,4,7-14H2,1-2H3,(H,26,31). The Bertz CT molecular complexity index is 872. The number of aryl methyl sites for hydroxylation is 3. The lowest BCUT2D eigenvalue weighted by molar-refractivity contribution is -0.137. The van der Waals surface area contributed by atoms with Crippen LogP contribution in [0.3, 0.4) is 0 Å².